The Morgan fingerprint density at radius 1 is 1.29 bits per heavy atom. The monoisotopic (exact) mass is 231 g/mol. The van der Waals surface area contributed by atoms with Gasteiger partial charge in [-0.1, -0.05) is 18.2 Å². The first-order valence-corrected chi connectivity index (χ1v) is 5.35. The van der Waals surface area contributed by atoms with Crippen LogP contribution in [0.2, 0.25) is 0 Å². The zero-order valence-electron chi connectivity index (χ0n) is 9.52. The van der Waals surface area contributed by atoms with E-state index in [9.17, 15) is 4.39 Å². The van der Waals surface area contributed by atoms with Crippen LogP contribution in [-0.4, -0.2) is 12.0 Å². The summed E-state index contributed by atoms with van der Waals surface area (Å²) in [4.78, 5) is 4.04. The predicted octanol–water partition coefficient (Wildman–Crippen LogP) is 2.11. The first kappa shape index (κ1) is 11.5. The van der Waals surface area contributed by atoms with E-state index in [1.54, 1.807) is 12.3 Å². The highest BCUT2D eigenvalue weighted by molar-refractivity contribution is 5.45. The summed E-state index contributed by atoms with van der Waals surface area (Å²) in [6.07, 6.45) is 1.64. The van der Waals surface area contributed by atoms with Gasteiger partial charge in [-0.3, -0.25) is 0 Å². The van der Waals surface area contributed by atoms with Crippen LogP contribution in [-0.2, 0) is 0 Å². The Hall–Kier alpha value is -1.94. The van der Waals surface area contributed by atoms with Gasteiger partial charge in [-0.15, -0.1) is 0 Å². The molecular weight excluding hydrogens is 217 g/mol. The third kappa shape index (κ3) is 2.42. The molecule has 1 unspecified atom stereocenters. The van der Waals surface area contributed by atoms with Gasteiger partial charge in [0.25, 0.3) is 0 Å². The van der Waals surface area contributed by atoms with Crippen LogP contribution < -0.4 is 11.1 Å². The molecule has 0 aliphatic carbocycles. The summed E-state index contributed by atoms with van der Waals surface area (Å²) in [5, 5.41) is 3.12. The molecule has 0 aliphatic rings. The van der Waals surface area contributed by atoms with Crippen molar-refractivity contribution in [3.05, 3.63) is 59.5 Å². The van der Waals surface area contributed by atoms with Crippen LogP contribution in [0.5, 0.6) is 0 Å². The standard InChI is InChI=1S/C13H14FN3/c1-16-12(9-4-2-5-10(14)8-9)11-6-3-7-17-13(11)15/h2-8,12,16H,1H3,(H2,15,17). The molecule has 1 heterocycles. The van der Waals surface area contributed by atoms with E-state index < -0.39 is 0 Å². The Morgan fingerprint density at radius 2 is 2.12 bits per heavy atom. The number of nitrogens with one attached hydrogen (secondary N) is 1. The van der Waals surface area contributed by atoms with Crippen molar-refractivity contribution in [3.8, 4) is 0 Å². The highest BCUT2D eigenvalue weighted by atomic mass is 19.1. The molecule has 0 saturated heterocycles. The summed E-state index contributed by atoms with van der Waals surface area (Å²) in [7, 11) is 1.81. The van der Waals surface area contributed by atoms with Crippen LogP contribution >= 0.6 is 0 Å². The summed E-state index contributed by atoms with van der Waals surface area (Å²) in [6, 6.07) is 10.00. The van der Waals surface area contributed by atoms with Gasteiger partial charge in [-0.25, -0.2) is 9.37 Å². The summed E-state index contributed by atoms with van der Waals surface area (Å²) in [6.45, 7) is 0. The molecule has 3 N–H and O–H groups in total. The maximum absolute atomic E-state index is 13.2. The van der Waals surface area contributed by atoms with Crippen molar-refractivity contribution in [1.29, 1.82) is 0 Å². The molecule has 2 rings (SSSR count). The highest BCUT2D eigenvalue weighted by Crippen LogP contribution is 2.25. The summed E-state index contributed by atoms with van der Waals surface area (Å²) >= 11 is 0. The van der Waals surface area contributed by atoms with E-state index in [4.69, 9.17) is 5.73 Å². The Labute approximate surface area is 99.5 Å². The SMILES string of the molecule is CNC(c1cccc(F)c1)c1cccnc1N. The lowest BCUT2D eigenvalue weighted by Crippen LogP contribution is -2.19. The van der Waals surface area contributed by atoms with Gasteiger partial charge in [-0.05, 0) is 30.8 Å². The van der Waals surface area contributed by atoms with E-state index in [2.05, 4.69) is 10.3 Å². The molecule has 2 aromatic rings. The summed E-state index contributed by atoms with van der Waals surface area (Å²) in [5.41, 5.74) is 7.50. The van der Waals surface area contributed by atoms with Gasteiger partial charge >= 0.3 is 0 Å². The van der Waals surface area contributed by atoms with Crippen LogP contribution in [0.3, 0.4) is 0 Å². The fraction of sp³-hybridized carbons (Fsp3) is 0.154. The van der Waals surface area contributed by atoms with Crippen LogP contribution in [0.15, 0.2) is 42.6 Å². The van der Waals surface area contributed by atoms with Crippen molar-refractivity contribution in [2.75, 3.05) is 12.8 Å². The molecule has 0 aliphatic heterocycles. The number of anilines is 1. The minimum absolute atomic E-state index is 0.153. The van der Waals surface area contributed by atoms with Gasteiger partial charge in [-0.2, -0.15) is 0 Å². The van der Waals surface area contributed by atoms with E-state index in [1.807, 2.05) is 25.2 Å². The highest BCUT2D eigenvalue weighted by Gasteiger charge is 2.15. The Balaban J connectivity index is 2.44. The number of nitrogens with zero attached hydrogens (tertiary/aromatic N) is 1. The number of halogens is 1. The van der Waals surface area contributed by atoms with Crippen molar-refractivity contribution >= 4 is 5.82 Å². The lowest BCUT2D eigenvalue weighted by molar-refractivity contribution is 0.616. The van der Waals surface area contributed by atoms with Gasteiger partial charge in [0, 0.05) is 11.8 Å². The van der Waals surface area contributed by atoms with E-state index in [1.165, 1.54) is 12.1 Å². The molecule has 17 heavy (non-hydrogen) atoms. The third-order valence-electron chi connectivity index (χ3n) is 2.65. The Bertz CT molecular complexity index is 514. The van der Waals surface area contributed by atoms with Gasteiger partial charge < -0.3 is 11.1 Å². The third-order valence-corrected chi connectivity index (χ3v) is 2.65. The van der Waals surface area contributed by atoms with Gasteiger partial charge in [0.15, 0.2) is 0 Å². The predicted molar refractivity (Wildman–Crippen MR) is 66.0 cm³/mol. The largest absolute Gasteiger partial charge is 0.383 e. The molecule has 1 aromatic carbocycles. The average Bonchev–Trinajstić information content (AvgIpc) is 2.33. The minimum atomic E-state index is -0.259. The van der Waals surface area contributed by atoms with Crippen molar-refractivity contribution in [2.45, 2.75) is 6.04 Å². The molecule has 0 amide bonds. The average molecular weight is 231 g/mol. The molecule has 3 nitrogen and oxygen atoms in total. The van der Waals surface area contributed by atoms with Crippen LogP contribution in [0.4, 0.5) is 10.2 Å². The topological polar surface area (TPSA) is 50.9 Å². The summed E-state index contributed by atoms with van der Waals surface area (Å²) in [5.74, 6) is 0.196. The maximum Gasteiger partial charge on any atom is 0.128 e. The lowest BCUT2D eigenvalue weighted by atomic mass is 9.99. The van der Waals surface area contributed by atoms with Crippen LogP contribution in [0.1, 0.15) is 17.2 Å². The fourth-order valence-electron chi connectivity index (χ4n) is 1.86. The molecule has 0 spiro atoms. The molecule has 1 aromatic heterocycles. The van der Waals surface area contributed by atoms with Crippen LogP contribution in [0.25, 0.3) is 0 Å². The smallest absolute Gasteiger partial charge is 0.128 e. The first-order chi connectivity index (χ1) is 8.22. The number of rotatable bonds is 3. The number of benzene rings is 1. The van der Waals surface area contributed by atoms with Crippen molar-refractivity contribution in [1.82, 2.24) is 10.3 Å². The van der Waals surface area contributed by atoms with Gasteiger partial charge in [0.05, 0.1) is 6.04 Å². The molecule has 88 valence electrons. The Morgan fingerprint density at radius 3 is 2.76 bits per heavy atom. The molecule has 0 radical (unpaired) electrons. The number of pyridine rings is 1. The van der Waals surface area contributed by atoms with E-state index in [-0.39, 0.29) is 11.9 Å². The molecule has 1 atom stereocenters. The number of nitrogen functional groups attached to an aromatic ring is 1. The zero-order valence-corrected chi connectivity index (χ0v) is 9.52. The normalized spacial score (nSPS) is 12.4. The zero-order chi connectivity index (χ0) is 12.3. The van der Waals surface area contributed by atoms with E-state index >= 15 is 0 Å². The number of nitrogens with two attached hydrogens (primary N) is 1. The molecular formula is C13H14FN3. The second-order valence-corrected chi connectivity index (χ2v) is 3.75. The molecule has 0 bridgehead atoms. The van der Waals surface area contributed by atoms with E-state index in [0.29, 0.717) is 5.82 Å². The van der Waals surface area contributed by atoms with Crippen molar-refractivity contribution < 1.29 is 4.39 Å². The fourth-order valence-corrected chi connectivity index (χ4v) is 1.86. The van der Waals surface area contributed by atoms with Gasteiger partial charge in [0.2, 0.25) is 0 Å². The molecule has 4 heteroatoms. The van der Waals surface area contributed by atoms with Crippen molar-refractivity contribution in [2.24, 2.45) is 0 Å². The molecule has 0 saturated carbocycles. The number of aromatic nitrogens is 1. The maximum atomic E-state index is 13.2. The second-order valence-electron chi connectivity index (χ2n) is 3.75. The Kier molecular flexibility index (Phi) is 3.35. The molecule has 0 fully saturated rings. The van der Waals surface area contributed by atoms with Crippen LogP contribution in [0, 0.1) is 5.82 Å². The summed E-state index contributed by atoms with van der Waals surface area (Å²) < 4.78 is 13.2. The number of hydrogen-bond acceptors (Lipinski definition) is 3. The van der Waals surface area contributed by atoms with Gasteiger partial charge in [0.1, 0.15) is 11.6 Å². The first-order valence-electron chi connectivity index (χ1n) is 5.35. The second kappa shape index (κ2) is 4.93. The number of hydrogen-bond donors (Lipinski definition) is 2. The van der Waals surface area contributed by atoms with E-state index in [0.717, 1.165) is 11.1 Å². The minimum Gasteiger partial charge on any atom is -0.383 e. The lowest BCUT2D eigenvalue weighted by Gasteiger charge is -2.18. The quantitative estimate of drug-likeness (QED) is 0.850. The van der Waals surface area contributed by atoms with Crippen molar-refractivity contribution in [3.63, 3.8) is 0 Å².